The van der Waals surface area contributed by atoms with Gasteiger partial charge in [0.2, 0.25) is 0 Å². The molecular weight excluding hydrogens is 258 g/mol. The average Bonchev–Trinajstić information content (AvgIpc) is 2.43. The van der Waals surface area contributed by atoms with Crippen LogP contribution >= 0.6 is 0 Å². The fraction of sp³-hybridized carbons (Fsp3) is 1.00. The molecule has 1 saturated heterocycles. The number of hydrogen-bond acceptors (Lipinski definition) is 5. The maximum Gasteiger partial charge on any atom is 0.108 e. The Kier molecular flexibility index (Phi) is 8.64. The van der Waals surface area contributed by atoms with Crippen molar-refractivity contribution in [1.29, 1.82) is 0 Å². The number of nitrogens with zero attached hydrogens (tertiary/aromatic N) is 1. The molecule has 0 bridgehead atoms. The molecule has 4 N–H and O–H groups in total. The summed E-state index contributed by atoms with van der Waals surface area (Å²) in [5, 5.41) is 38.3. The third kappa shape index (κ3) is 6.06. The van der Waals surface area contributed by atoms with Crippen LogP contribution in [-0.4, -0.2) is 69.9 Å². The summed E-state index contributed by atoms with van der Waals surface area (Å²) in [6.07, 6.45) is 4.20. The standard InChI is InChI=1S/C15H31NO4/c1-2-3-4-5-6-7-12(11-17)8-16-9-13(18)15(20)14(19)10-16/h12-15,17-20H,2-11H2,1H3/t12-,13?,14?,15?/m1/s1. The van der Waals surface area contributed by atoms with Crippen molar-refractivity contribution >= 4 is 0 Å². The van der Waals surface area contributed by atoms with Gasteiger partial charge >= 0.3 is 0 Å². The van der Waals surface area contributed by atoms with Gasteiger partial charge in [0.05, 0.1) is 12.2 Å². The van der Waals surface area contributed by atoms with Gasteiger partial charge in [-0.3, -0.25) is 4.90 Å². The molecule has 0 aromatic rings. The molecule has 0 saturated carbocycles. The number of piperidine rings is 1. The highest BCUT2D eigenvalue weighted by Crippen LogP contribution is 2.17. The predicted molar refractivity (Wildman–Crippen MR) is 78.4 cm³/mol. The highest BCUT2D eigenvalue weighted by Gasteiger charge is 2.33. The molecule has 0 aromatic heterocycles. The van der Waals surface area contributed by atoms with Crippen LogP contribution in [0.4, 0.5) is 0 Å². The monoisotopic (exact) mass is 289 g/mol. The number of likely N-dealkylation sites (tertiary alicyclic amines) is 1. The summed E-state index contributed by atoms with van der Waals surface area (Å²) in [5.41, 5.74) is 0. The Balaban J connectivity index is 2.25. The van der Waals surface area contributed by atoms with Crippen LogP contribution in [0.2, 0.25) is 0 Å². The van der Waals surface area contributed by atoms with Gasteiger partial charge in [0.1, 0.15) is 6.10 Å². The molecule has 5 nitrogen and oxygen atoms in total. The summed E-state index contributed by atoms with van der Waals surface area (Å²) < 4.78 is 0. The van der Waals surface area contributed by atoms with Crippen LogP contribution in [0, 0.1) is 5.92 Å². The average molecular weight is 289 g/mol. The molecule has 0 amide bonds. The first-order chi connectivity index (χ1) is 9.58. The maximum absolute atomic E-state index is 9.66. The van der Waals surface area contributed by atoms with E-state index in [9.17, 15) is 20.4 Å². The summed E-state index contributed by atoms with van der Waals surface area (Å²) >= 11 is 0. The first-order valence-electron chi connectivity index (χ1n) is 7.95. The summed E-state index contributed by atoms with van der Waals surface area (Å²) in [6.45, 7) is 3.73. The summed E-state index contributed by atoms with van der Waals surface area (Å²) in [5.74, 6) is 0.186. The van der Waals surface area contributed by atoms with E-state index in [-0.39, 0.29) is 12.5 Å². The predicted octanol–water partition coefficient (Wildman–Crippen LogP) is 0.354. The van der Waals surface area contributed by atoms with E-state index in [0.29, 0.717) is 19.6 Å². The Morgan fingerprint density at radius 3 is 2.15 bits per heavy atom. The first-order valence-corrected chi connectivity index (χ1v) is 7.95. The second-order valence-corrected chi connectivity index (χ2v) is 6.10. The van der Waals surface area contributed by atoms with E-state index >= 15 is 0 Å². The number of rotatable bonds is 9. The number of aliphatic hydroxyl groups excluding tert-OH is 4. The van der Waals surface area contributed by atoms with Crippen LogP contribution in [0.25, 0.3) is 0 Å². The van der Waals surface area contributed by atoms with Gasteiger partial charge < -0.3 is 20.4 Å². The molecule has 3 atom stereocenters. The Morgan fingerprint density at radius 1 is 1.00 bits per heavy atom. The minimum atomic E-state index is -1.05. The SMILES string of the molecule is CCCCCCC[C@@H](CO)CN1CC(O)C(O)C(O)C1. The van der Waals surface area contributed by atoms with E-state index in [2.05, 4.69) is 6.92 Å². The number of unbranched alkanes of at least 4 members (excludes halogenated alkanes) is 4. The zero-order chi connectivity index (χ0) is 15.0. The van der Waals surface area contributed by atoms with Crippen molar-refractivity contribution in [2.24, 2.45) is 5.92 Å². The fourth-order valence-corrected chi connectivity index (χ4v) is 2.87. The lowest BCUT2D eigenvalue weighted by Crippen LogP contribution is -2.56. The Labute approximate surface area is 122 Å². The van der Waals surface area contributed by atoms with Crippen LogP contribution < -0.4 is 0 Å². The number of β-amino-alcohol motifs (C(OH)–C–C–N with tert-alkyl or cyclic N) is 2. The molecule has 0 radical (unpaired) electrons. The molecule has 0 aliphatic carbocycles. The van der Waals surface area contributed by atoms with Crippen LogP contribution in [0.5, 0.6) is 0 Å². The van der Waals surface area contributed by atoms with E-state index in [1.54, 1.807) is 0 Å². The number of hydrogen-bond donors (Lipinski definition) is 4. The zero-order valence-corrected chi connectivity index (χ0v) is 12.6. The Morgan fingerprint density at radius 2 is 1.60 bits per heavy atom. The lowest BCUT2D eigenvalue weighted by atomic mass is 9.97. The molecule has 1 heterocycles. The molecule has 20 heavy (non-hydrogen) atoms. The molecule has 1 fully saturated rings. The Hall–Kier alpha value is -0.200. The quantitative estimate of drug-likeness (QED) is 0.461. The Bertz CT molecular complexity index is 240. The molecule has 1 aliphatic rings. The normalized spacial score (nSPS) is 29.6. The smallest absolute Gasteiger partial charge is 0.108 e. The zero-order valence-electron chi connectivity index (χ0n) is 12.6. The van der Waals surface area contributed by atoms with Gasteiger partial charge in [-0.15, -0.1) is 0 Å². The molecular formula is C15H31NO4. The molecule has 0 aromatic carbocycles. The van der Waals surface area contributed by atoms with Gasteiger partial charge in [0.15, 0.2) is 0 Å². The van der Waals surface area contributed by atoms with E-state index in [4.69, 9.17) is 0 Å². The van der Waals surface area contributed by atoms with Crippen LogP contribution in [0.15, 0.2) is 0 Å². The van der Waals surface area contributed by atoms with Crippen molar-refractivity contribution in [3.05, 3.63) is 0 Å². The van der Waals surface area contributed by atoms with Crippen molar-refractivity contribution in [2.45, 2.75) is 63.8 Å². The van der Waals surface area contributed by atoms with Crippen molar-refractivity contribution in [3.8, 4) is 0 Å². The summed E-state index contributed by atoms with van der Waals surface area (Å²) in [4.78, 5) is 1.94. The largest absolute Gasteiger partial charge is 0.396 e. The maximum atomic E-state index is 9.66. The highest BCUT2D eigenvalue weighted by atomic mass is 16.4. The second-order valence-electron chi connectivity index (χ2n) is 6.10. The molecule has 0 spiro atoms. The van der Waals surface area contributed by atoms with Gasteiger partial charge in [-0.2, -0.15) is 0 Å². The molecule has 120 valence electrons. The lowest BCUT2D eigenvalue weighted by Gasteiger charge is -2.38. The van der Waals surface area contributed by atoms with Crippen LogP contribution in [0.1, 0.15) is 45.4 Å². The van der Waals surface area contributed by atoms with Gasteiger partial charge in [0.25, 0.3) is 0 Å². The minimum absolute atomic E-state index is 0.138. The van der Waals surface area contributed by atoms with Gasteiger partial charge in [-0.05, 0) is 12.3 Å². The molecule has 2 unspecified atom stereocenters. The minimum Gasteiger partial charge on any atom is -0.396 e. The van der Waals surface area contributed by atoms with Crippen molar-refractivity contribution in [3.63, 3.8) is 0 Å². The van der Waals surface area contributed by atoms with E-state index in [1.165, 1.54) is 25.7 Å². The third-order valence-corrected chi connectivity index (χ3v) is 4.17. The molecule has 5 heteroatoms. The third-order valence-electron chi connectivity index (χ3n) is 4.17. The van der Waals surface area contributed by atoms with Gasteiger partial charge in [-0.1, -0.05) is 39.0 Å². The highest BCUT2D eigenvalue weighted by molar-refractivity contribution is 4.87. The summed E-state index contributed by atoms with van der Waals surface area (Å²) in [7, 11) is 0. The number of aliphatic hydroxyl groups is 4. The fourth-order valence-electron chi connectivity index (χ4n) is 2.87. The first kappa shape index (κ1) is 17.9. The van der Waals surface area contributed by atoms with E-state index < -0.39 is 18.3 Å². The van der Waals surface area contributed by atoms with Crippen molar-refractivity contribution in [2.75, 3.05) is 26.2 Å². The second kappa shape index (κ2) is 9.68. The van der Waals surface area contributed by atoms with Gasteiger partial charge in [-0.25, -0.2) is 0 Å². The van der Waals surface area contributed by atoms with Crippen LogP contribution in [0.3, 0.4) is 0 Å². The van der Waals surface area contributed by atoms with Gasteiger partial charge in [0, 0.05) is 26.2 Å². The molecule has 1 rings (SSSR count). The van der Waals surface area contributed by atoms with E-state index in [0.717, 1.165) is 12.8 Å². The van der Waals surface area contributed by atoms with Crippen molar-refractivity contribution in [1.82, 2.24) is 4.90 Å². The molecule has 1 aliphatic heterocycles. The van der Waals surface area contributed by atoms with E-state index in [1.807, 2.05) is 4.90 Å². The summed E-state index contributed by atoms with van der Waals surface area (Å²) in [6, 6.07) is 0. The topological polar surface area (TPSA) is 84.2 Å². The lowest BCUT2D eigenvalue weighted by molar-refractivity contribution is -0.112. The van der Waals surface area contributed by atoms with Crippen molar-refractivity contribution < 1.29 is 20.4 Å². The van der Waals surface area contributed by atoms with Crippen LogP contribution in [-0.2, 0) is 0 Å².